The Balaban J connectivity index is 2.36. The number of carbonyl (C=O) groups is 1. The standard InChI is InChI=1S/C10H13F3N4O3S/c1-2-5-7(21(14,19)20)6(17-16-5)8(18)15-9(3-4-9)10(11,12)13/h2-4H2,1H3,(H,15,18)(H,16,17)(H2,14,19,20). The van der Waals surface area contributed by atoms with Gasteiger partial charge in [0.05, 0.1) is 5.69 Å². The van der Waals surface area contributed by atoms with Crippen LogP contribution in [0.2, 0.25) is 0 Å². The highest BCUT2D eigenvalue weighted by molar-refractivity contribution is 7.89. The number of carbonyl (C=O) groups excluding carboxylic acids is 1. The largest absolute Gasteiger partial charge is 0.411 e. The normalized spacial score (nSPS) is 17.6. The van der Waals surface area contributed by atoms with Gasteiger partial charge in [-0.1, -0.05) is 6.92 Å². The van der Waals surface area contributed by atoms with Gasteiger partial charge in [-0.3, -0.25) is 9.89 Å². The van der Waals surface area contributed by atoms with Crippen LogP contribution in [0.4, 0.5) is 13.2 Å². The number of hydrogen-bond acceptors (Lipinski definition) is 4. The van der Waals surface area contributed by atoms with E-state index in [4.69, 9.17) is 5.14 Å². The van der Waals surface area contributed by atoms with Gasteiger partial charge in [0.2, 0.25) is 10.0 Å². The number of H-pyrrole nitrogens is 1. The molecular formula is C10H13F3N4O3S. The van der Waals surface area contributed by atoms with Crippen molar-refractivity contribution in [3.8, 4) is 0 Å². The second-order valence-electron chi connectivity index (χ2n) is 4.81. The fraction of sp³-hybridized carbons (Fsp3) is 0.600. The molecule has 0 aromatic carbocycles. The summed E-state index contributed by atoms with van der Waals surface area (Å²) in [6.07, 6.45) is -4.93. The number of rotatable bonds is 4. The average Bonchev–Trinajstić information content (AvgIpc) is 2.98. The Bertz CT molecular complexity index is 676. The third kappa shape index (κ3) is 2.75. The minimum atomic E-state index is -4.60. The van der Waals surface area contributed by atoms with E-state index in [2.05, 4.69) is 10.2 Å². The van der Waals surface area contributed by atoms with Crippen LogP contribution in [-0.2, 0) is 16.4 Å². The maximum atomic E-state index is 12.8. The maximum Gasteiger partial charge on any atom is 0.411 e. The lowest BCUT2D eigenvalue weighted by atomic mass is 10.2. The summed E-state index contributed by atoms with van der Waals surface area (Å²) in [4.78, 5) is 11.4. The Labute approximate surface area is 118 Å². The fourth-order valence-electron chi connectivity index (χ4n) is 1.95. The van der Waals surface area contributed by atoms with Crippen LogP contribution >= 0.6 is 0 Å². The first-order chi connectivity index (χ1) is 9.52. The number of primary sulfonamides is 1. The van der Waals surface area contributed by atoms with Crippen molar-refractivity contribution in [2.75, 3.05) is 0 Å². The van der Waals surface area contributed by atoms with E-state index in [-0.39, 0.29) is 25.0 Å². The molecule has 1 aliphatic rings. The summed E-state index contributed by atoms with van der Waals surface area (Å²) in [5, 5.41) is 12.6. The monoisotopic (exact) mass is 326 g/mol. The molecule has 0 unspecified atom stereocenters. The minimum absolute atomic E-state index is 0.0690. The van der Waals surface area contributed by atoms with Crippen LogP contribution in [0, 0.1) is 0 Å². The Morgan fingerprint density at radius 1 is 1.48 bits per heavy atom. The topological polar surface area (TPSA) is 118 Å². The van der Waals surface area contributed by atoms with Gasteiger partial charge in [0.1, 0.15) is 10.4 Å². The number of nitrogens with one attached hydrogen (secondary N) is 2. The van der Waals surface area contributed by atoms with E-state index in [1.165, 1.54) is 0 Å². The van der Waals surface area contributed by atoms with E-state index in [1.54, 1.807) is 6.92 Å². The van der Waals surface area contributed by atoms with Crippen molar-refractivity contribution in [3.63, 3.8) is 0 Å². The number of sulfonamides is 1. The van der Waals surface area contributed by atoms with Gasteiger partial charge in [0, 0.05) is 0 Å². The predicted octanol–water partition coefficient (Wildman–Crippen LogP) is 0.444. The van der Waals surface area contributed by atoms with Crippen LogP contribution in [0.15, 0.2) is 4.90 Å². The van der Waals surface area contributed by atoms with Gasteiger partial charge in [0.15, 0.2) is 5.69 Å². The number of nitrogens with two attached hydrogens (primary N) is 1. The van der Waals surface area contributed by atoms with Gasteiger partial charge in [-0.25, -0.2) is 13.6 Å². The first kappa shape index (κ1) is 15.8. The number of hydrogen-bond donors (Lipinski definition) is 3. The molecule has 0 spiro atoms. The van der Waals surface area contributed by atoms with Crippen molar-refractivity contribution < 1.29 is 26.4 Å². The second kappa shape index (κ2) is 4.70. The van der Waals surface area contributed by atoms with Crippen LogP contribution < -0.4 is 10.5 Å². The molecule has 1 amide bonds. The molecule has 4 N–H and O–H groups in total. The lowest BCUT2D eigenvalue weighted by Gasteiger charge is -2.20. The SMILES string of the molecule is CCc1[nH]nc(C(=O)NC2(C(F)(F)F)CC2)c1S(N)(=O)=O. The molecule has 1 heterocycles. The van der Waals surface area contributed by atoms with Gasteiger partial charge in [-0.05, 0) is 19.3 Å². The summed E-state index contributed by atoms with van der Waals surface area (Å²) in [5.41, 5.74) is -2.88. The lowest BCUT2D eigenvalue weighted by molar-refractivity contribution is -0.163. The highest BCUT2D eigenvalue weighted by Gasteiger charge is 2.64. The maximum absolute atomic E-state index is 12.8. The fourth-order valence-corrected chi connectivity index (χ4v) is 2.89. The third-order valence-electron chi connectivity index (χ3n) is 3.29. The van der Waals surface area contributed by atoms with Crippen LogP contribution in [0.25, 0.3) is 0 Å². The molecule has 1 saturated carbocycles. The molecule has 2 rings (SSSR count). The molecule has 1 aromatic heterocycles. The Hall–Kier alpha value is -1.62. The minimum Gasteiger partial charge on any atom is -0.336 e. The van der Waals surface area contributed by atoms with E-state index in [9.17, 15) is 26.4 Å². The molecule has 0 radical (unpaired) electrons. The van der Waals surface area contributed by atoms with Crippen molar-refractivity contribution >= 4 is 15.9 Å². The molecular weight excluding hydrogens is 313 g/mol. The number of halogens is 3. The second-order valence-corrected chi connectivity index (χ2v) is 6.31. The molecule has 0 saturated heterocycles. The number of alkyl halides is 3. The highest BCUT2D eigenvalue weighted by atomic mass is 32.2. The van der Waals surface area contributed by atoms with E-state index < -0.39 is 38.2 Å². The number of aryl methyl sites for hydroxylation is 1. The Kier molecular flexibility index (Phi) is 3.53. The van der Waals surface area contributed by atoms with Crippen LogP contribution in [0.1, 0.15) is 35.9 Å². The zero-order valence-corrected chi connectivity index (χ0v) is 11.7. The number of aromatic amines is 1. The van der Waals surface area contributed by atoms with Gasteiger partial charge in [-0.2, -0.15) is 18.3 Å². The van der Waals surface area contributed by atoms with Crippen LogP contribution in [0.5, 0.6) is 0 Å². The predicted molar refractivity (Wildman–Crippen MR) is 64.8 cm³/mol. The molecule has 11 heteroatoms. The highest BCUT2D eigenvalue weighted by Crippen LogP contribution is 2.49. The van der Waals surface area contributed by atoms with Crippen LogP contribution in [0.3, 0.4) is 0 Å². The van der Waals surface area contributed by atoms with E-state index >= 15 is 0 Å². The van der Waals surface area contributed by atoms with Gasteiger partial charge >= 0.3 is 6.18 Å². The number of aromatic nitrogens is 2. The summed E-state index contributed by atoms with van der Waals surface area (Å²) in [6.45, 7) is 1.59. The zero-order chi connectivity index (χ0) is 16.1. The smallest absolute Gasteiger partial charge is 0.336 e. The molecule has 0 bridgehead atoms. The van der Waals surface area contributed by atoms with E-state index in [0.29, 0.717) is 0 Å². The quantitative estimate of drug-likeness (QED) is 0.744. The lowest BCUT2D eigenvalue weighted by Crippen LogP contribution is -2.48. The number of amides is 1. The van der Waals surface area contributed by atoms with Crippen molar-refractivity contribution in [2.45, 2.75) is 42.8 Å². The summed E-state index contributed by atoms with van der Waals surface area (Å²) in [5.74, 6) is -1.22. The van der Waals surface area contributed by atoms with Crippen molar-refractivity contribution in [1.29, 1.82) is 0 Å². The number of nitrogens with zero attached hydrogens (tertiary/aromatic N) is 1. The summed E-state index contributed by atoms with van der Waals surface area (Å²) in [7, 11) is -4.28. The first-order valence-corrected chi connectivity index (χ1v) is 7.56. The van der Waals surface area contributed by atoms with Gasteiger partial charge in [-0.15, -0.1) is 0 Å². The van der Waals surface area contributed by atoms with Gasteiger partial charge in [0.25, 0.3) is 5.91 Å². The average molecular weight is 326 g/mol. The molecule has 0 aliphatic heterocycles. The van der Waals surface area contributed by atoms with Crippen molar-refractivity contribution in [2.24, 2.45) is 5.14 Å². The van der Waals surface area contributed by atoms with E-state index in [1.807, 2.05) is 5.32 Å². The Morgan fingerprint density at radius 3 is 2.43 bits per heavy atom. The summed E-state index contributed by atoms with van der Waals surface area (Å²) < 4.78 is 61.4. The molecule has 1 fully saturated rings. The Morgan fingerprint density at radius 2 is 2.05 bits per heavy atom. The molecule has 0 atom stereocenters. The van der Waals surface area contributed by atoms with Crippen molar-refractivity contribution in [1.82, 2.24) is 15.5 Å². The molecule has 1 aromatic rings. The van der Waals surface area contributed by atoms with Crippen LogP contribution in [-0.4, -0.2) is 36.2 Å². The third-order valence-corrected chi connectivity index (χ3v) is 4.30. The molecule has 7 nitrogen and oxygen atoms in total. The van der Waals surface area contributed by atoms with Crippen molar-refractivity contribution in [3.05, 3.63) is 11.4 Å². The molecule has 1 aliphatic carbocycles. The first-order valence-electron chi connectivity index (χ1n) is 6.01. The van der Waals surface area contributed by atoms with E-state index in [0.717, 1.165) is 0 Å². The summed E-state index contributed by atoms with van der Waals surface area (Å²) in [6, 6.07) is 0. The zero-order valence-electron chi connectivity index (χ0n) is 10.9. The van der Waals surface area contributed by atoms with Gasteiger partial charge < -0.3 is 5.32 Å². The molecule has 21 heavy (non-hydrogen) atoms. The summed E-state index contributed by atoms with van der Waals surface area (Å²) >= 11 is 0. The molecule has 118 valence electrons.